The molecule has 0 rings (SSSR count). The number of aliphatic hydroxyl groups excluding tert-OH is 1. The van der Waals surface area contributed by atoms with Gasteiger partial charge in [-0.15, -0.1) is 11.8 Å². The molecule has 0 fully saturated rings. The van der Waals surface area contributed by atoms with Crippen molar-refractivity contribution >= 4 is 33.3 Å². The van der Waals surface area contributed by atoms with Crippen LogP contribution in [-0.2, 0) is 0 Å². The smallest absolute Gasteiger partial charge is 0.120 e. The zero-order valence-corrected chi connectivity index (χ0v) is 10.6. The summed E-state index contributed by atoms with van der Waals surface area (Å²) in [6, 6.07) is 0. The van der Waals surface area contributed by atoms with Crippen molar-refractivity contribution in [1.82, 2.24) is 0 Å². The summed E-state index contributed by atoms with van der Waals surface area (Å²) < 4.78 is 0. The van der Waals surface area contributed by atoms with Gasteiger partial charge in [-0.25, -0.2) is 0 Å². The van der Waals surface area contributed by atoms with Crippen molar-refractivity contribution in [3.8, 4) is 0 Å². The van der Waals surface area contributed by atoms with Gasteiger partial charge in [0.1, 0.15) is 4.93 Å². The van der Waals surface area contributed by atoms with Crippen molar-refractivity contribution in [3.63, 3.8) is 0 Å². The highest BCUT2D eigenvalue weighted by Crippen LogP contribution is 2.33. The van der Waals surface area contributed by atoms with E-state index in [0.29, 0.717) is 0 Å². The molecule has 0 saturated heterocycles. The van der Waals surface area contributed by atoms with Crippen LogP contribution in [0.3, 0.4) is 0 Å². The fraction of sp³-hybridized carbons (Fsp3) is 1.00. The minimum Gasteiger partial charge on any atom is -0.395 e. The molecule has 0 saturated carbocycles. The summed E-state index contributed by atoms with van der Waals surface area (Å²) in [6.07, 6.45) is 3.77. The van der Waals surface area contributed by atoms with Crippen LogP contribution in [-0.4, -0.2) is 39.5 Å². The van der Waals surface area contributed by atoms with E-state index in [1.54, 1.807) is 21.6 Å². The molecule has 1 unspecified atom stereocenters. The molecule has 0 aliphatic carbocycles. The highest BCUT2D eigenvalue weighted by Gasteiger charge is 2.24. The van der Waals surface area contributed by atoms with E-state index in [-0.39, 0.29) is 6.61 Å². The molecule has 2 nitrogen and oxygen atoms in total. The average molecular weight is 242 g/mol. The first kappa shape index (κ1) is 14.0. The molecule has 0 aromatic carbocycles. The summed E-state index contributed by atoms with van der Waals surface area (Å²) in [6.45, 7) is 2.29. The Morgan fingerprint density at radius 1 is 1.31 bits per heavy atom. The van der Waals surface area contributed by atoms with Crippen molar-refractivity contribution in [3.05, 3.63) is 0 Å². The van der Waals surface area contributed by atoms with Gasteiger partial charge in [0.05, 0.1) is 6.61 Å². The minimum absolute atomic E-state index is 0.211. The van der Waals surface area contributed by atoms with Crippen molar-refractivity contribution in [2.24, 2.45) is 0 Å². The molecule has 0 aromatic rings. The summed E-state index contributed by atoms with van der Waals surface area (Å²) in [5.41, 5.74) is 0. The van der Waals surface area contributed by atoms with E-state index in [0.717, 1.165) is 24.3 Å². The van der Waals surface area contributed by atoms with Gasteiger partial charge in [0.25, 0.3) is 0 Å². The molecule has 0 aliphatic heterocycles. The first-order valence-corrected chi connectivity index (χ1v) is 8.02. The monoisotopic (exact) mass is 242 g/mol. The number of hydrogen-bond donors (Lipinski definition) is 2. The Kier molecular flexibility index (Phi) is 8.91. The van der Waals surface area contributed by atoms with Crippen molar-refractivity contribution in [2.45, 2.75) is 24.7 Å². The van der Waals surface area contributed by atoms with Crippen LogP contribution in [0.15, 0.2) is 0 Å². The predicted octanol–water partition coefficient (Wildman–Crippen LogP) is 2.21. The number of thioether (sulfide) groups is 1. The zero-order chi connectivity index (χ0) is 10.2. The molecule has 0 aliphatic rings. The molecule has 0 radical (unpaired) electrons. The maximum Gasteiger partial charge on any atom is 0.120 e. The summed E-state index contributed by atoms with van der Waals surface area (Å²) in [5, 5.41) is 18.5. The van der Waals surface area contributed by atoms with E-state index in [4.69, 9.17) is 5.11 Å². The SMILES string of the molecule is CCCC(O)(CSSCCO)SC. The Balaban J connectivity index is 3.57. The summed E-state index contributed by atoms with van der Waals surface area (Å²) in [7, 11) is 3.25. The molecule has 80 valence electrons. The third kappa shape index (κ3) is 6.96. The van der Waals surface area contributed by atoms with Gasteiger partial charge in [0, 0.05) is 11.5 Å². The van der Waals surface area contributed by atoms with Gasteiger partial charge in [-0.05, 0) is 12.7 Å². The van der Waals surface area contributed by atoms with Crippen molar-refractivity contribution < 1.29 is 10.2 Å². The van der Waals surface area contributed by atoms with Gasteiger partial charge in [-0.2, -0.15) is 0 Å². The van der Waals surface area contributed by atoms with Gasteiger partial charge in [-0.1, -0.05) is 34.9 Å². The first-order valence-electron chi connectivity index (χ1n) is 4.31. The quantitative estimate of drug-likeness (QED) is 0.388. The summed E-state index contributed by atoms with van der Waals surface area (Å²) >= 11 is 1.51. The van der Waals surface area contributed by atoms with Gasteiger partial charge in [-0.3, -0.25) is 0 Å². The molecule has 2 N–H and O–H groups in total. The molecule has 1 atom stereocenters. The lowest BCUT2D eigenvalue weighted by molar-refractivity contribution is 0.152. The molecule has 13 heavy (non-hydrogen) atoms. The number of hydrogen-bond acceptors (Lipinski definition) is 5. The lowest BCUT2D eigenvalue weighted by Gasteiger charge is -2.24. The number of rotatable bonds is 8. The van der Waals surface area contributed by atoms with E-state index in [9.17, 15) is 5.11 Å². The normalized spacial score (nSPS) is 15.7. The molecule has 0 bridgehead atoms. The van der Waals surface area contributed by atoms with E-state index in [1.807, 2.05) is 6.26 Å². The second-order valence-corrected chi connectivity index (χ2v) is 6.46. The molecule has 0 amide bonds. The minimum atomic E-state index is -0.581. The van der Waals surface area contributed by atoms with Gasteiger partial charge < -0.3 is 10.2 Å². The lowest BCUT2D eigenvalue weighted by atomic mass is 10.2. The average Bonchev–Trinajstić information content (AvgIpc) is 2.13. The second-order valence-electron chi connectivity index (χ2n) is 2.71. The number of aliphatic hydroxyl groups is 2. The maximum atomic E-state index is 9.99. The molecular formula is C8H18O2S3. The largest absolute Gasteiger partial charge is 0.395 e. The van der Waals surface area contributed by atoms with Crippen LogP contribution in [0.5, 0.6) is 0 Å². The fourth-order valence-electron chi connectivity index (χ4n) is 0.854. The van der Waals surface area contributed by atoms with E-state index in [1.165, 1.54) is 11.8 Å². The van der Waals surface area contributed by atoms with Gasteiger partial charge in [0.15, 0.2) is 0 Å². The third-order valence-corrected chi connectivity index (χ3v) is 5.32. The van der Waals surface area contributed by atoms with Crippen molar-refractivity contribution in [1.29, 1.82) is 0 Å². The van der Waals surface area contributed by atoms with Crippen LogP contribution >= 0.6 is 33.3 Å². The van der Waals surface area contributed by atoms with Crippen LogP contribution in [0.25, 0.3) is 0 Å². The zero-order valence-electron chi connectivity index (χ0n) is 8.15. The summed E-state index contributed by atoms with van der Waals surface area (Å²) in [4.78, 5) is -0.581. The topological polar surface area (TPSA) is 40.5 Å². The lowest BCUT2D eigenvalue weighted by Crippen LogP contribution is -2.26. The van der Waals surface area contributed by atoms with E-state index >= 15 is 0 Å². The molecule has 0 spiro atoms. The van der Waals surface area contributed by atoms with Crippen LogP contribution in [0, 0.1) is 0 Å². The third-order valence-electron chi connectivity index (χ3n) is 1.56. The summed E-state index contributed by atoms with van der Waals surface area (Å²) in [5.74, 6) is 1.47. The second kappa shape index (κ2) is 8.29. The molecular weight excluding hydrogens is 224 g/mol. The van der Waals surface area contributed by atoms with Crippen LogP contribution in [0.2, 0.25) is 0 Å². The highest BCUT2D eigenvalue weighted by atomic mass is 33.1. The standard InChI is InChI=1S/C8H18O2S3/c1-3-4-8(10,11-2)7-13-12-6-5-9/h9-10H,3-7H2,1-2H3. The Bertz CT molecular complexity index is 124. The van der Waals surface area contributed by atoms with Crippen LogP contribution in [0.1, 0.15) is 19.8 Å². The highest BCUT2D eigenvalue weighted by molar-refractivity contribution is 8.76. The van der Waals surface area contributed by atoms with Gasteiger partial charge in [0.2, 0.25) is 0 Å². The van der Waals surface area contributed by atoms with Crippen LogP contribution < -0.4 is 0 Å². The Labute approximate surface area is 92.7 Å². The molecule has 0 heterocycles. The predicted molar refractivity (Wildman–Crippen MR) is 65.4 cm³/mol. The van der Waals surface area contributed by atoms with E-state index in [2.05, 4.69) is 6.92 Å². The van der Waals surface area contributed by atoms with E-state index < -0.39 is 4.93 Å². The Hall–Kier alpha value is 0.970. The Morgan fingerprint density at radius 3 is 2.46 bits per heavy atom. The maximum absolute atomic E-state index is 9.99. The van der Waals surface area contributed by atoms with Crippen molar-refractivity contribution in [2.75, 3.05) is 24.4 Å². The first-order chi connectivity index (χ1) is 6.18. The fourth-order valence-corrected chi connectivity index (χ4v) is 4.15. The van der Waals surface area contributed by atoms with Crippen LogP contribution in [0.4, 0.5) is 0 Å². The Morgan fingerprint density at radius 2 is 2.00 bits per heavy atom. The molecule has 5 heteroatoms. The molecule has 0 aromatic heterocycles. The van der Waals surface area contributed by atoms with Gasteiger partial charge >= 0.3 is 0 Å².